The van der Waals surface area contributed by atoms with E-state index in [1.165, 1.54) is 0 Å². The van der Waals surface area contributed by atoms with Crippen molar-refractivity contribution in [3.8, 4) is 0 Å². The van der Waals surface area contributed by atoms with Gasteiger partial charge in [-0.15, -0.1) is 0 Å². The van der Waals surface area contributed by atoms with Gasteiger partial charge in [-0.1, -0.05) is 29.8 Å². The number of nitrogens with one attached hydrogen (secondary N) is 1. The lowest BCUT2D eigenvalue weighted by Gasteiger charge is -2.17. The van der Waals surface area contributed by atoms with Crippen molar-refractivity contribution in [3.63, 3.8) is 0 Å². The molecular weight excluding hydrogens is 278 g/mol. The van der Waals surface area contributed by atoms with Crippen LogP contribution in [0.2, 0.25) is 0 Å². The summed E-state index contributed by atoms with van der Waals surface area (Å²) in [4.78, 5) is 8.82. The molecule has 1 N–H and O–H groups in total. The molecule has 1 heterocycles. The fourth-order valence-corrected chi connectivity index (χ4v) is 1.82. The van der Waals surface area contributed by atoms with E-state index in [4.69, 9.17) is 0 Å². The molecule has 0 amide bonds. The molecule has 0 radical (unpaired) electrons. The number of fused-ring (bicyclic) bond motifs is 1. The molecule has 0 saturated heterocycles. The van der Waals surface area contributed by atoms with E-state index in [-0.39, 0.29) is 0 Å². The Kier molecular flexibility index (Phi) is 3.62. The highest BCUT2D eigenvalue weighted by molar-refractivity contribution is 9.10. The minimum atomic E-state index is 0.364. The lowest BCUT2D eigenvalue weighted by Crippen LogP contribution is -2.22. The first-order valence-corrected chi connectivity index (χ1v) is 6.54. The molecule has 0 aliphatic carbocycles. The number of aromatic nitrogens is 2. The van der Waals surface area contributed by atoms with Gasteiger partial charge in [-0.3, -0.25) is 0 Å². The van der Waals surface area contributed by atoms with Crippen LogP contribution < -0.4 is 5.32 Å². The molecule has 4 heteroatoms. The summed E-state index contributed by atoms with van der Waals surface area (Å²) in [6.45, 7) is 6.49. The summed E-state index contributed by atoms with van der Waals surface area (Å²) in [5, 5.41) is 4.36. The number of halogens is 1. The Morgan fingerprint density at radius 2 is 2.00 bits per heavy atom. The van der Waals surface area contributed by atoms with Crippen molar-refractivity contribution in [1.82, 2.24) is 9.97 Å². The summed E-state index contributed by atoms with van der Waals surface area (Å²) in [5.41, 5.74) is 0.960. The Labute approximate surface area is 110 Å². The summed E-state index contributed by atoms with van der Waals surface area (Å²) in [6, 6.07) is 6.37. The van der Waals surface area contributed by atoms with Crippen molar-refractivity contribution in [2.24, 2.45) is 5.92 Å². The van der Waals surface area contributed by atoms with E-state index >= 15 is 0 Å². The fraction of sp³-hybridized carbons (Fsp3) is 0.385. The molecule has 0 saturated carbocycles. The molecule has 90 valence electrons. The van der Waals surface area contributed by atoms with Crippen LogP contribution in [0.15, 0.2) is 28.9 Å². The fourth-order valence-electron chi connectivity index (χ4n) is 1.44. The van der Waals surface area contributed by atoms with Crippen molar-refractivity contribution >= 4 is 32.8 Å². The second kappa shape index (κ2) is 5.00. The minimum Gasteiger partial charge on any atom is -0.351 e. The Balaban J connectivity index is 2.29. The van der Waals surface area contributed by atoms with Gasteiger partial charge in [0.2, 0.25) is 5.95 Å². The molecule has 0 aliphatic heterocycles. The van der Waals surface area contributed by atoms with Crippen molar-refractivity contribution in [2.75, 3.05) is 5.32 Å². The monoisotopic (exact) mass is 293 g/mol. The molecule has 0 fully saturated rings. The van der Waals surface area contributed by atoms with Gasteiger partial charge in [-0.25, -0.2) is 9.97 Å². The molecule has 2 aromatic rings. The lowest BCUT2D eigenvalue weighted by atomic mass is 10.1. The van der Waals surface area contributed by atoms with Crippen molar-refractivity contribution < 1.29 is 0 Å². The lowest BCUT2D eigenvalue weighted by molar-refractivity contribution is 0.556. The number of anilines is 1. The Bertz CT molecular complexity index is 525. The quantitative estimate of drug-likeness (QED) is 0.934. The molecular formula is C13H16BrN3. The zero-order valence-electron chi connectivity index (χ0n) is 10.2. The average Bonchev–Trinajstić information content (AvgIpc) is 2.29. The van der Waals surface area contributed by atoms with E-state index in [1.807, 2.05) is 24.4 Å². The van der Waals surface area contributed by atoms with Crippen LogP contribution in [0.25, 0.3) is 10.9 Å². The van der Waals surface area contributed by atoms with Crippen LogP contribution in [0.3, 0.4) is 0 Å². The number of rotatable bonds is 3. The summed E-state index contributed by atoms with van der Waals surface area (Å²) < 4.78 is 1.05. The maximum atomic E-state index is 4.50. The van der Waals surface area contributed by atoms with Gasteiger partial charge in [-0.05, 0) is 31.0 Å². The highest BCUT2D eigenvalue weighted by Crippen LogP contribution is 2.19. The van der Waals surface area contributed by atoms with Gasteiger partial charge < -0.3 is 5.32 Å². The Morgan fingerprint density at radius 3 is 2.71 bits per heavy atom. The van der Waals surface area contributed by atoms with Crippen molar-refractivity contribution in [1.29, 1.82) is 0 Å². The molecule has 1 unspecified atom stereocenters. The SMILES string of the molecule is CC(C)C(C)Nc1ncc2cc(Br)ccc2n1. The summed E-state index contributed by atoms with van der Waals surface area (Å²) in [5.74, 6) is 1.25. The third kappa shape index (κ3) is 2.94. The van der Waals surface area contributed by atoms with Gasteiger partial charge in [0.25, 0.3) is 0 Å². The number of nitrogens with zero attached hydrogens (tertiary/aromatic N) is 2. The number of benzene rings is 1. The number of hydrogen-bond donors (Lipinski definition) is 1. The first-order valence-electron chi connectivity index (χ1n) is 5.75. The predicted octanol–water partition coefficient (Wildman–Crippen LogP) is 3.85. The van der Waals surface area contributed by atoms with Gasteiger partial charge >= 0.3 is 0 Å². The molecule has 2 rings (SSSR count). The zero-order valence-corrected chi connectivity index (χ0v) is 11.8. The van der Waals surface area contributed by atoms with E-state index in [1.54, 1.807) is 0 Å². The van der Waals surface area contributed by atoms with Crippen LogP contribution in [-0.2, 0) is 0 Å². The van der Waals surface area contributed by atoms with Crippen molar-refractivity contribution in [3.05, 3.63) is 28.9 Å². The molecule has 3 nitrogen and oxygen atoms in total. The van der Waals surface area contributed by atoms with Gasteiger partial charge in [-0.2, -0.15) is 0 Å². The summed E-state index contributed by atoms with van der Waals surface area (Å²) in [6.07, 6.45) is 1.85. The van der Waals surface area contributed by atoms with Crippen LogP contribution >= 0.6 is 15.9 Å². The van der Waals surface area contributed by atoms with Crippen LogP contribution in [0, 0.1) is 5.92 Å². The minimum absolute atomic E-state index is 0.364. The third-order valence-electron chi connectivity index (χ3n) is 2.90. The maximum absolute atomic E-state index is 4.50. The Hall–Kier alpha value is -1.16. The van der Waals surface area contributed by atoms with Crippen LogP contribution in [0.5, 0.6) is 0 Å². The largest absolute Gasteiger partial charge is 0.351 e. The molecule has 1 aromatic heterocycles. The molecule has 1 atom stereocenters. The van der Waals surface area contributed by atoms with Crippen LogP contribution in [0.1, 0.15) is 20.8 Å². The average molecular weight is 294 g/mol. The second-order valence-electron chi connectivity index (χ2n) is 4.57. The topological polar surface area (TPSA) is 37.8 Å². The summed E-state index contributed by atoms with van der Waals surface area (Å²) in [7, 11) is 0. The van der Waals surface area contributed by atoms with Gasteiger partial charge in [0, 0.05) is 22.1 Å². The summed E-state index contributed by atoms with van der Waals surface area (Å²) >= 11 is 3.44. The van der Waals surface area contributed by atoms with Gasteiger partial charge in [0.15, 0.2) is 0 Å². The predicted molar refractivity (Wildman–Crippen MR) is 75.2 cm³/mol. The van der Waals surface area contributed by atoms with E-state index < -0.39 is 0 Å². The standard InChI is InChI=1S/C13H16BrN3/c1-8(2)9(3)16-13-15-7-10-6-11(14)4-5-12(10)17-13/h4-9H,1-3H3,(H,15,16,17). The Morgan fingerprint density at radius 1 is 1.24 bits per heavy atom. The smallest absolute Gasteiger partial charge is 0.223 e. The van der Waals surface area contributed by atoms with Crippen molar-refractivity contribution in [2.45, 2.75) is 26.8 Å². The van der Waals surface area contributed by atoms with Crippen LogP contribution in [0.4, 0.5) is 5.95 Å². The highest BCUT2D eigenvalue weighted by atomic mass is 79.9. The highest BCUT2D eigenvalue weighted by Gasteiger charge is 2.08. The molecule has 0 aliphatic rings. The zero-order chi connectivity index (χ0) is 12.4. The molecule has 17 heavy (non-hydrogen) atoms. The van der Waals surface area contributed by atoms with E-state index in [0.29, 0.717) is 17.9 Å². The third-order valence-corrected chi connectivity index (χ3v) is 3.39. The van der Waals surface area contributed by atoms with E-state index in [2.05, 4.69) is 52.0 Å². The van der Waals surface area contributed by atoms with Gasteiger partial charge in [0.1, 0.15) is 0 Å². The van der Waals surface area contributed by atoms with Crippen LogP contribution in [-0.4, -0.2) is 16.0 Å². The van der Waals surface area contributed by atoms with E-state index in [0.717, 1.165) is 15.4 Å². The maximum Gasteiger partial charge on any atom is 0.223 e. The normalized spacial score (nSPS) is 13.0. The first-order chi connectivity index (χ1) is 8.06. The number of hydrogen-bond acceptors (Lipinski definition) is 3. The van der Waals surface area contributed by atoms with Gasteiger partial charge in [0.05, 0.1) is 5.52 Å². The second-order valence-corrected chi connectivity index (χ2v) is 5.49. The van der Waals surface area contributed by atoms with E-state index in [9.17, 15) is 0 Å². The first kappa shape index (κ1) is 12.3. The molecule has 1 aromatic carbocycles. The molecule has 0 bridgehead atoms. The molecule has 0 spiro atoms.